The number of aliphatic hydroxyl groups is 2. The second kappa shape index (κ2) is 8.80. The van der Waals surface area contributed by atoms with Gasteiger partial charge in [-0.25, -0.2) is 0 Å². The summed E-state index contributed by atoms with van der Waals surface area (Å²) in [6.45, 7) is 0.653. The molecule has 2 atom stereocenters. The minimum absolute atomic E-state index is 0.376. The molecule has 0 fully saturated rings. The smallest absolute Gasteiger partial charge is 0.251 e. The molecule has 5 nitrogen and oxygen atoms in total. The van der Waals surface area contributed by atoms with E-state index < -0.39 is 30.4 Å². The van der Waals surface area contributed by atoms with Gasteiger partial charge in [0.25, 0.3) is 5.91 Å². The summed E-state index contributed by atoms with van der Waals surface area (Å²) in [5, 5.41) is 21.0. The average Bonchev–Trinajstić information content (AvgIpc) is 2.65. The lowest BCUT2D eigenvalue weighted by molar-refractivity contribution is -0.125. The summed E-state index contributed by atoms with van der Waals surface area (Å²) in [6.07, 6.45) is 0.933. The number of amides is 1. The Bertz CT molecular complexity index is 726. The third-order valence-corrected chi connectivity index (χ3v) is 4.59. The zero-order valence-corrected chi connectivity index (χ0v) is 14.9. The van der Waals surface area contributed by atoms with Crippen molar-refractivity contribution in [3.63, 3.8) is 0 Å². The Kier molecular flexibility index (Phi) is 6.75. The number of aliphatic hydroxyl groups excluding tert-OH is 2. The van der Waals surface area contributed by atoms with Crippen LogP contribution in [-0.2, 0) is 4.79 Å². The van der Waals surface area contributed by atoms with E-state index in [1.165, 1.54) is 11.8 Å². The molecule has 132 valence electrons. The maximum absolute atomic E-state index is 12.3. The van der Waals surface area contributed by atoms with Crippen LogP contribution in [0.15, 0.2) is 53.4 Å². The fraction of sp³-hybridized carbons (Fsp3) is 0.263. The summed E-state index contributed by atoms with van der Waals surface area (Å²) < 4.78 is 0. The van der Waals surface area contributed by atoms with Crippen LogP contribution < -0.4 is 5.32 Å². The van der Waals surface area contributed by atoms with Crippen LogP contribution in [0.3, 0.4) is 0 Å². The summed E-state index contributed by atoms with van der Waals surface area (Å²) in [6, 6.07) is 14.0. The Hall–Kier alpha value is -2.15. The van der Waals surface area contributed by atoms with Gasteiger partial charge in [0.05, 0.1) is 6.10 Å². The molecule has 0 spiro atoms. The SMILES string of the molecule is CSc1ccc(-c2ccc(C(=O)N[C@H](C(=O)CO)[C@@H](C)O)cc2)cc1. The number of Topliss-reactive ketones (excluding diaryl/α,β-unsaturated/α-hetero) is 1. The van der Waals surface area contributed by atoms with Gasteiger partial charge in [-0.3, -0.25) is 9.59 Å². The Morgan fingerprint density at radius 2 is 1.56 bits per heavy atom. The van der Waals surface area contributed by atoms with Crippen molar-refractivity contribution < 1.29 is 19.8 Å². The normalized spacial score (nSPS) is 13.1. The molecular formula is C19H21NO4S. The molecule has 0 radical (unpaired) electrons. The number of hydrogen-bond acceptors (Lipinski definition) is 5. The first kappa shape index (κ1) is 19.2. The molecular weight excluding hydrogens is 338 g/mol. The highest BCUT2D eigenvalue weighted by Gasteiger charge is 2.25. The second-order valence-electron chi connectivity index (χ2n) is 5.62. The predicted molar refractivity (Wildman–Crippen MR) is 98.7 cm³/mol. The second-order valence-corrected chi connectivity index (χ2v) is 6.50. The van der Waals surface area contributed by atoms with Crippen molar-refractivity contribution in [1.29, 1.82) is 0 Å². The quantitative estimate of drug-likeness (QED) is 0.659. The lowest BCUT2D eigenvalue weighted by Gasteiger charge is -2.19. The Morgan fingerprint density at radius 3 is 2.00 bits per heavy atom. The molecule has 0 bridgehead atoms. The molecule has 6 heteroatoms. The maximum atomic E-state index is 12.3. The van der Waals surface area contributed by atoms with Gasteiger partial charge in [0.2, 0.25) is 0 Å². The maximum Gasteiger partial charge on any atom is 0.251 e. The average molecular weight is 359 g/mol. The number of benzene rings is 2. The fourth-order valence-corrected chi connectivity index (χ4v) is 2.80. The predicted octanol–water partition coefficient (Wildman–Crippen LogP) is 2.12. The lowest BCUT2D eigenvalue weighted by atomic mass is 10.0. The lowest BCUT2D eigenvalue weighted by Crippen LogP contribution is -2.48. The molecule has 0 aliphatic rings. The largest absolute Gasteiger partial charge is 0.391 e. The van der Waals surface area contributed by atoms with Gasteiger partial charge in [0.15, 0.2) is 5.78 Å². The minimum Gasteiger partial charge on any atom is -0.391 e. The van der Waals surface area contributed by atoms with Gasteiger partial charge < -0.3 is 15.5 Å². The van der Waals surface area contributed by atoms with E-state index >= 15 is 0 Å². The van der Waals surface area contributed by atoms with Crippen molar-refractivity contribution in [2.24, 2.45) is 0 Å². The van der Waals surface area contributed by atoms with E-state index in [2.05, 4.69) is 5.32 Å². The number of hydrogen-bond donors (Lipinski definition) is 3. The van der Waals surface area contributed by atoms with Crippen molar-refractivity contribution in [3.8, 4) is 11.1 Å². The minimum atomic E-state index is -1.13. The number of rotatable bonds is 7. The van der Waals surface area contributed by atoms with Crippen LogP contribution in [0, 0.1) is 0 Å². The zero-order valence-electron chi connectivity index (χ0n) is 14.1. The van der Waals surface area contributed by atoms with Gasteiger partial charge in [-0.05, 0) is 48.6 Å². The summed E-state index contributed by atoms with van der Waals surface area (Å²) in [4.78, 5) is 25.0. The zero-order chi connectivity index (χ0) is 18.4. The molecule has 0 aliphatic carbocycles. The summed E-state index contributed by atoms with van der Waals surface area (Å²) in [7, 11) is 0. The Balaban J connectivity index is 2.12. The van der Waals surface area contributed by atoms with E-state index in [1.54, 1.807) is 23.9 Å². The molecule has 0 heterocycles. The van der Waals surface area contributed by atoms with E-state index in [1.807, 2.05) is 42.7 Å². The van der Waals surface area contributed by atoms with Crippen LogP contribution >= 0.6 is 11.8 Å². The van der Waals surface area contributed by atoms with Crippen LogP contribution in [0.2, 0.25) is 0 Å². The van der Waals surface area contributed by atoms with Crippen LogP contribution in [-0.4, -0.2) is 46.9 Å². The number of thioether (sulfide) groups is 1. The fourth-order valence-electron chi connectivity index (χ4n) is 2.39. The molecule has 0 saturated heterocycles. The molecule has 3 N–H and O–H groups in total. The third kappa shape index (κ3) is 4.92. The highest BCUT2D eigenvalue weighted by atomic mass is 32.2. The van der Waals surface area contributed by atoms with Crippen molar-refractivity contribution in [2.75, 3.05) is 12.9 Å². The molecule has 2 aromatic carbocycles. The van der Waals surface area contributed by atoms with Crippen molar-refractivity contribution >= 4 is 23.5 Å². The van der Waals surface area contributed by atoms with E-state index in [0.717, 1.165) is 11.1 Å². The number of ketones is 1. The van der Waals surface area contributed by atoms with E-state index in [9.17, 15) is 14.7 Å². The summed E-state index contributed by atoms with van der Waals surface area (Å²) in [5.74, 6) is -1.11. The molecule has 0 saturated carbocycles. The Morgan fingerprint density at radius 1 is 1.04 bits per heavy atom. The van der Waals surface area contributed by atoms with Gasteiger partial charge in [0, 0.05) is 10.5 Å². The number of nitrogens with one attached hydrogen (secondary N) is 1. The first-order chi connectivity index (χ1) is 12.0. The van der Waals surface area contributed by atoms with Crippen molar-refractivity contribution in [2.45, 2.75) is 24.0 Å². The highest BCUT2D eigenvalue weighted by molar-refractivity contribution is 7.98. The van der Waals surface area contributed by atoms with E-state index in [-0.39, 0.29) is 0 Å². The number of carbonyl (C=O) groups excluding carboxylic acids is 2. The van der Waals surface area contributed by atoms with Gasteiger partial charge >= 0.3 is 0 Å². The molecule has 25 heavy (non-hydrogen) atoms. The first-order valence-corrected chi connectivity index (χ1v) is 9.05. The first-order valence-electron chi connectivity index (χ1n) is 7.83. The third-order valence-electron chi connectivity index (χ3n) is 3.84. The molecule has 0 aliphatic heterocycles. The summed E-state index contributed by atoms with van der Waals surface area (Å²) >= 11 is 1.67. The van der Waals surface area contributed by atoms with Crippen LogP contribution in [0.1, 0.15) is 17.3 Å². The summed E-state index contributed by atoms with van der Waals surface area (Å²) in [5.41, 5.74) is 2.39. The van der Waals surface area contributed by atoms with Gasteiger partial charge in [-0.15, -0.1) is 11.8 Å². The van der Waals surface area contributed by atoms with Crippen LogP contribution in [0.4, 0.5) is 0 Å². The van der Waals surface area contributed by atoms with Crippen LogP contribution in [0.25, 0.3) is 11.1 Å². The molecule has 0 aromatic heterocycles. The number of carbonyl (C=O) groups is 2. The topological polar surface area (TPSA) is 86.6 Å². The molecule has 2 rings (SSSR count). The van der Waals surface area contributed by atoms with Crippen molar-refractivity contribution in [3.05, 3.63) is 54.1 Å². The van der Waals surface area contributed by atoms with Gasteiger partial charge in [-0.1, -0.05) is 24.3 Å². The van der Waals surface area contributed by atoms with Crippen molar-refractivity contribution in [1.82, 2.24) is 5.32 Å². The van der Waals surface area contributed by atoms with Gasteiger partial charge in [0.1, 0.15) is 12.6 Å². The molecule has 2 aromatic rings. The van der Waals surface area contributed by atoms with Crippen LogP contribution in [0.5, 0.6) is 0 Å². The van der Waals surface area contributed by atoms with E-state index in [0.29, 0.717) is 5.56 Å². The van der Waals surface area contributed by atoms with E-state index in [4.69, 9.17) is 5.11 Å². The molecule has 1 amide bonds. The van der Waals surface area contributed by atoms with Gasteiger partial charge in [-0.2, -0.15) is 0 Å². The highest BCUT2D eigenvalue weighted by Crippen LogP contribution is 2.23. The molecule has 0 unspecified atom stereocenters. The Labute approximate surface area is 151 Å². The monoisotopic (exact) mass is 359 g/mol. The standard InChI is InChI=1S/C19H21NO4S/c1-12(22)18(17(23)11-21)20-19(24)15-5-3-13(4-6-15)14-7-9-16(25-2)10-8-14/h3-10,12,18,21-22H,11H2,1-2H3,(H,20,24)/t12-,18+/m1/s1.